The molecule has 0 spiro atoms. The van der Waals surface area contributed by atoms with E-state index >= 15 is 0 Å². The number of nitrogens with zero attached hydrogens (tertiary/aromatic N) is 1. The van der Waals surface area contributed by atoms with Crippen LogP contribution >= 0.6 is 0 Å². The van der Waals surface area contributed by atoms with Crippen molar-refractivity contribution in [1.82, 2.24) is 0 Å². The van der Waals surface area contributed by atoms with Gasteiger partial charge in [-0.25, -0.2) is 0 Å². The van der Waals surface area contributed by atoms with Crippen molar-refractivity contribution in [3.63, 3.8) is 0 Å². The maximum atomic E-state index is 6.84. The molecule has 290 valence electrons. The Bertz CT molecular complexity index is 3200. The largest absolute Gasteiger partial charge is 0.454 e. The molecule has 10 aromatic rings. The van der Waals surface area contributed by atoms with Gasteiger partial charge in [0.1, 0.15) is 5.58 Å². The first kappa shape index (κ1) is 35.5. The van der Waals surface area contributed by atoms with Crippen molar-refractivity contribution in [3.05, 3.63) is 246 Å². The lowest BCUT2D eigenvalue weighted by Crippen LogP contribution is -2.28. The first-order valence-electron chi connectivity index (χ1n) is 21.6. The van der Waals surface area contributed by atoms with Gasteiger partial charge < -0.3 is 9.32 Å². The van der Waals surface area contributed by atoms with Crippen LogP contribution in [0.3, 0.4) is 0 Å². The zero-order valence-corrected chi connectivity index (χ0v) is 33.9. The summed E-state index contributed by atoms with van der Waals surface area (Å²) in [6.45, 7) is 0. The molecule has 2 aliphatic carbocycles. The molecule has 1 aromatic heterocycles. The molecule has 0 aliphatic heterocycles. The maximum Gasteiger partial charge on any atom is 0.159 e. The molecule has 0 atom stereocenters. The summed E-state index contributed by atoms with van der Waals surface area (Å²) in [4.78, 5) is 2.44. The van der Waals surface area contributed by atoms with Gasteiger partial charge in [-0.15, -0.1) is 0 Å². The van der Waals surface area contributed by atoms with Crippen molar-refractivity contribution in [2.75, 3.05) is 4.90 Å². The fraction of sp³-hybridized carbons (Fsp3) is 0.0847. The van der Waals surface area contributed by atoms with Gasteiger partial charge in [-0.3, -0.25) is 0 Å². The summed E-state index contributed by atoms with van der Waals surface area (Å²) >= 11 is 0. The Balaban J connectivity index is 1.17. The van der Waals surface area contributed by atoms with E-state index < -0.39 is 5.41 Å². The third-order valence-electron chi connectivity index (χ3n) is 13.4. The van der Waals surface area contributed by atoms with Crippen LogP contribution < -0.4 is 4.90 Å². The van der Waals surface area contributed by atoms with E-state index in [1.54, 1.807) is 0 Å². The Morgan fingerprint density at radius 3 is 1.79 bits per heavy atom. The van der Waals surface area contributed by atoms with Crippen LogP contribution in [0.25, 0.3) is 55.3 Å². The molecule has 0 fully saturated rings. The number of anilines is 3. The number of hydrogen-bond donors (Lipinski definition) is 0. The summed E-state index contributed by atoms with van der Waals surface area (Å²) < 4.78 is 6.84. The molecule has 2 heteroatoms. The first-order valence-corrected chi connectivity index (χ1v) is 21.6. The molecule has 0 bridgehead atoms. The van der Waals surface area contributed by atoms with E-state index in [4.69, 9.17) is 4.42 Å². The summed E-state index contributed by atoms with van der Waals surface area (Å²) in [6, 6.07) is 78.2. The minimum Gasteiger partial charge on any atom is -0.454 e. The van der Waals surface area contributed by atoms with Gasteiger partial charge in [0.05, 0.1) is 16.8 Å². The molecule has 2 nitrogen and oxygen atoms in total. The molecule has 0 amide bonds. The second-order valence-corrected chi connectivity index (χ2v) is 16.6. The van der Waals surface area contributed by atoms with Crippen LogP contribution in [0.2, 0.25) is 0 Å². The monoisotopic (exact) mass is 781 g/mol. The van der Waals surface area contributed by atoms with Crippen LogP contribution in [0.15, 0.2) is 217 Å². The average molecular weight is 782 g/mol. The highest BCUT2D eigenvalue weighted by Gasteiger charge is 2.47. The SMILES string of the molecule is c1ccc(N(c2cc3c(cc2-c2ccc(-c4cccc5c4CCCC5)cc2)-c2ccccc2C3(c2ccccc2)c2ccccc2)c2cccc3c2oc2ccccc23)cc1. The van der Waals surface area contributed by atoms with Crippen molar-refractivity contribution in [2.45, 2.75) is 31.1 Å². The average Bonchev–Trinajstić information content (AvgIpc) is 3.86. The predicted octanol–water partition coefficient (Wildman–Crippen LogP) is 15.6. The highest BCUT2D eigenvalue weighted by atomic mass is 16.3. The van der Waals surface area contributed by atoms with Crippen LogP contribution in [0, 0.1) is 0 Å². The molecule has 0 saturated carbocycles. The summed E-state index contributed by atoms with van der Waals surface area (Å²) in [5, 5.41) is 2.21. The number of aryl methyl sites for hydroxylation is 1. The van der Waals surface area contributed by atoms with E-state index in [9.17, 15) is 0 Å². The first-order chi connectivity index (χ1) is 30.3. The molecule has 12 rings (SSSR count). The molecular formula is C59H43NO. The molecule has 2 aliphatic rings. The minimum atomic E-state index is -0.564. The number of hydrogen-bond acceptors (Lipinski definition) is 2. The quantitative estimate of drug-likeness (QED) is 0.160. The third kappa shape index (κ3) is 5.56. The van der Waals surface area contributed by atoms with Crippen molar-refractivity contribution in [1.29, 1.82) is 0 Å². The van der Waals surface area contributed by atoms with E-state index in [-0.39, 0.29) is 0 Å². The lowest BCUT2D eigenvalue weighted by molar-refractivity contribution is 0.669. The smallest absolute Gasteiger partial charge is 0.159 e. The Labute approximate surface area is 357 Å². The van der Waals surface area contributed by atoms with Gasteiger partial charge in [-0.1, -0.05) is 176 Å². The van der Waals surface area contributed by atoms with Gasteiger partial charge in [0.25, 0.3) is 0 Å². The number of benzene rings is 9. The van der Waals surface area contributed by atoms with Crippen LogP contribution in [-0.4, -0.2) is 0 Å². The second kappa shape index (κ2) is 14.4. The summed E-state index contributed by atoms with van der Waals surface area (Å²) in [6.07, 6.45) is 4.84. The van der Waals surface area contributed by atoms with Crippen molar-refractivity contribution in [3.8, 4) is 33.4 Å². The topological polar surface area (TPSA) is 16.4 Å². The molecule has 0 N–H and O–H groups in total. The summed E-state index contributed by atoms with van der Waals surface area (Å²) in [5.74, 6) is 0. The number of para-hydroxylation sites is 3. The Hall–Kier alpha value is -7.42. The van der Waals surface area contributed by atoms with Crippen molar-refractivity contribution >= 4 is 39.0 Å². The van der Waals surface area contributed by atoms with Crippen LogP contribution in [0.5, 0.6) is 0 Å². The summed E-state index contributed by atoms with van der Waals surface area (Å²) in [5.41, 5.74) is 19.9. The van der Waals surface area contributed by atoms with E-state index in [0.717, 1.165) is 51.0 Å². The van der Waals surface area contributed by atoms with Gasteiger partial charge in [0.15, 0.2) is 5.58 Å². The third-order valence-corrected chi connectivity index (χ3v) is 13.4. The molecule has 9 aromatic carbocycles. The van der Waals surface area contributed by atoms with Gasteiger partial charge in [0, 0.05) is 22.0 Å². The minimum absolute atomic E-state index is 0.564. The Morgan fingerprint density at radius 2 is 1.02 bits per heavy atom. The molecule has 1 heterocycles. The fourth-order valence-corrected chi connectivity index (χ4v) is 10.7. The number of rotatable bonds is 7. The van der Waals surface area contributed by atoms with E-state index in [2.05, 4.69) is 217 Å². The second-order valence-electron chi connectivity index (χ2n) is 16.6. The van der Waals surface area contributed by atoms with Gasteiger partial charge in [0.2, 0.25) is 0 Å². The predicted molar refractivity (Wildman–Crippen MR) is 253 cm³/mol. The van der Waals surface area contributed by atoms with Crippen LogP contribution in [-0.2, 0) is 18.3 Å². The maximum absolute atomic E-state index is 6.84. The van der Waals surface area contributed by atoms with E-state index in [1.165, 1.54) is 80.5 Å². The van der Waals surface area contributed by atoms with Crippen molar-refractivity contribution < 1.29 is 4.42 Å². The van der Waals surface area contributed by atoms with Crippen LogP contribution in [0.4, 0.5) is 17.1 Å². The van der Waals surface area contributed by atoms with Crippen molar-refractivity contribution in [2.24, 2.45) is 0 Å². The molecule has 0 radical (unpaired) electrons. The molecule has 0 saturated heterocycles. The Morgan fingerprint density at radius 1 is 0.410 bits per heavy atom. The molecule has 0 unspecified atom stereocenters. The Kier molecular flexibility index (Phi) is 8.38. The lowest BCUT2D eigenvalue weighted by atomic mass is 9.67. The lowest BCUT2D eigenvalue weighted by Gasteiger charge is -2.35. The number of furan rings is 1. The fourth-order valence-electron chi connectivity index (χ4n) is 10.7. The van der Waals surface area contributed by atoms with Crippen LogP contribution in [0.1, 0.15) is 46.2 Å². The standard InChI is InChI=1S/C59H43NO/c1-4-20-43(21-5-1)59(44-22-6-2-7-23-44)53-31-14-12-27-48(53)52-38-51(42-36-34-41(35-37-42)47-29-16-19-40-18-10-11-26-46(40)47)56(39-54(52)59)60(45-24-8-3-9-25-45)55-32-17-30-50-49-28-13-15-33-57(49)61-58(50)55/h1-9,12-17,19-25,27-39H,10-11,18,26H2. The normalized spacial score (nSPS) is 13.8. The number of fused-ring (bicyclic) bond motifs is 7. The van der Waals surface area contributed by atoms with Gasteiger partial charge in [-0.05, 0) is 123 Å². The molecule has 61 heavy (non-hydrogen) atoms. The van der Waals surface area contributed by atoms with E-state index in [0.29, 0.717) is 0 Å². The summed E-state index contributed by atoms with van der Waals surface area (Å²) in [7, 11) is 0. The molecular weight excluding hydrogens is 739 g/mol. The highest BCUT2D eigenvalue weighted by molar-refractivity contribution is 6.11. The zero-order chi connectivity index (χ0) is 40.3. The zero-order valence-electron chi connectivity index (χ0n) is 33.9. The van der Waals surface area contributed by atoms with Gasteiger partial charge >= 0.3 is 0 Å². The van der Waals surface area contributed by atoms with Gasteiger partial charge in [-0.2, -0.15) is 0 Å². The van der Waals surface area contributed by atoms with E-state index in [1.807, 2.05) is 0 Å². The highest BCUT2D eigenvalue weighted by Crippen LogP contribution is 2.59.